The van der Waals surface area contributed by atoms with Crippen LogP contribution in [0.3, 0.4) is 0 Å². The molecule has 3 N–H and O–H groups in total. The molecule has 0 heterocycles. The molecule has 1 amide bonds. The number of aromatic hydroxyl groups is 1. The van der Waals surface area contributed by atoms with Crippen molar-refractivity contribution < 1.29 is 19.8 Å². The smallest absolute Gasteiger partial charge is 0.335 e. The number of carboxylic acids is 1. The summed E-state index contributed by atoms with van der Waals surface area (Å²) in [7, 11) is 0. The van der Waals surface area contributed by atoms with Gasteiger partial charge in [-0.15, -0.1) is 0 Å². The first kappa shape index (κ1) is 11.0. The second kappa shape index (κ2) is 4.45. The van der Waals surface area contributed by atoms with Crippen LogP contribution in [-0.2, 0) is 4.79 Å². The van der Waals surface area contributed by atoms with Crippen molar-refractivity contribution >= 4 is 17.6 Å². The number of aromatic carboxylic acids is 1. The van der Waals surface area contributed by atoms with E-state index in [0.29, 0.717) is 6.42 Å². The molecule has 0 saturated carbocycles. The first-order chi connectivity index (χ1) is 7.04. The SMILES string of the molecule is CCC(=O)Nc1ccc(C(=O)O)cc1O. The minimum absolute atomic E-state index is 0.0259. The number of phenols is 1. The van der Waals surface area contributed by atoms with E-state index in [-0.39, 0.29) is 22.9 Å². The van der Waals surface area contributed by atoms with Crippen LogP contribution in [0.4, 0.5) is 5.69 Å². The van der Waals surface area contributed by atoms with Gasteiger partial charge in [0, 0.05) is 6.42 Å². The van der Waals surface area contributed by atoms with E-state index in [2.05, 4.69) is 5.32 Å². The molecule has 5 nitrogen and oxygen atoms in total. The molecule has 0 atom stereocenters. The van der Waals surface area contributed by atoms with E-state index in [1.54, 1.807) is 6.92 Å². The number of carbonyl (C=O) groups is 2. The van der Waals surface area contributed by atoms with E-state index in [1.165, 1.54) is 12.1 Å². The van der Waals surface area contributed by atoms with Crippen LogP contribution in [0, 0.1) is 0 Å². The van der Waals surface area contributed by atoms with Gasteiger partial charge in [-0.25, -0.2) is 4.79 Å². The predicted octanol–water partition coefficient (Wildman–Crippen LogP) is 1.44. The Bertz CT molecular complexity index is 400. The highest BCUT2D eigenvalue weighted by Crippen LogP contribution is 2.24. The average molecular weight is 209 g/mol. The number of hydrogen-bond donors (Lipinski definition) is 3. The number of carboxylic acid groups (broad SMARTS) is 1. The molecule has 1 rings (SSSR count). The van der Waals surface area contributed by atoms with Gasteiger partial charge < -0.3 is 15.5 Å². The molecule has 1 aromatic carbocycles. The number of amides is 1. The standard InChI is InChI=1S/C10H11NO4/c1-2-9(13)11-7-4-3-6(10(14)15)5-8(7)12/h3-5,12H,2H2,1H3,(H,11,13)(H,14,15). The van der Waals surface area contributed by atoms with E-state index in [0.717, 1.165) is 6.07 Å². The van der Waals surface area contributed by atoms with Crippen molar-refractivity contribution in [2.24, 2.45) is 0 Å². The van der Waals surface area contributed by atoms with Crippen molar-refractivity contribution in [3.8, 4) is 5.75 Å². The Morgan fingerprint density at radius 3 is 2.53 bits per heavy atom. The van der Waals surface area contributed by atoms with Gasteiger partial charge in [0.2, 0.25) is 5.91 Å². The number of carbonyl (C=O) groups excluding carboxylic acids is 1. The van der Waals surface area contributed by atoms with Crippen LogP contribution >= 0.6 is 0 Å². The molecule has 0 bridgehead atoms. The maximum atomic E-state index is 11.0. The molecule has 1 aromatic rings. The molecule has 0 spiro atoms. The Kier molecular flexibility index (Phi) is 3.28. The number of rotatable bonds is 3. The number of hydrogen-bond acceptors (Lipinski definition) is 3. The zero-order valence-corrected chi connectivity index (χ0v) is 8.15. The molecule has 0 fully saturated rings. The minimum atomic E-state index is -1.13. The molecular formula is C10H11NO4. The van der Waals surface area contributed by atoms with Gasteiger partial charge in [0.05, 0.1) is 11.3 Å². The molecule has 5 heteroatoms. The number of benzene rings is 1. The molecule has 0 aliphatic rings. The largest absolute Gasteiger partial charge is 0.506 e. The summed E-state index contributed by atoms with van der Waals surface area (Å²) in [4.78, 5) is 21.6. The van der Waals surface area contributed by atoms with Crippen LogP contribution in [0.15, 0.2) is 18.2 Å². The van der Waals surface area contributed by atoms with Crippen LogP contribution < -0.4 is 5.32 Å². The van der Waals surface area contributed by atoms with Crippen molar-refractivity contribution in [2.45, 2.75) is 13.3 Å². The van der Waals surface area contributed by atoms with Crippen molar-refractivity contribution in [3.63, 3.8) is 0 Å². The maximum absolute atomic E-state index is 11.0. The molecule has 15 heavy (non-hydrogen) atoms. The highest BCUT2D eigenvalue weighted by Gasteiger charge is 2.08. The van der Waals surface area contributed by atoms with Gasteiger partial charge in [-0.1, -0.05) is 6.92 Å². The monoisotopic (exact) mass is 209 g/mol. The summed E-state index contributed by atoms with van der Waals surface area (Å²) >= 11 is 0. The lowest BCUT2D eigenvalue weighted by atomic mass is 10.2. The Morgan fingerprint density at radius 2 is 2.07 bits per heavy atom. The number of anilines is 1. The first-order valence-electron chi connectivity index (χ1n) is 4.40. The third-order valence-corrected chi connectivity index (χ3v) is 1.84. The van der Waals surface area contributed by atoms with Gasteiger partial charge in [0.25, 0.3) is 0 Å². The summed E-state index contributed by atoms with van der Waals surface area (Å²) in [6.45, 7) is 1.68. The normalized spacial score (nSPS) is 9.67. The maximum Gasteiger partial charge on any atom is 0.335 e. The third-order valence-electron chi connectivity index (χ3n) is 1.84. The molecule has 0 radical (unpaired) electrons. The summed E-state index contributed by atoms with van der Waals surface area (Å²) in [5.74, 6) is -1.62. The molecule has 0 saturated heterocycles. The molecule has 0 aliphatic heterocycles. The highest BCUT2D eigenvalue weighted by atomic mass is 16.4. The summed E-state index contributed by atoms with van der Waals surface area (Å²) in [5, 5.41) is 20.5. The zero-order valence-electron chi connectivity index (χ0n) is 8.15. The van der Waals surface area contributed by atoms with Gasteiger partial charge >= 0.3 is 5.97 Å². The van der Waals surface area contributed by atoms with E-state index < -0.39 is 5.97 Å². The Hall–Kier alpha value is -2.04. The summed E-state index contributed by atoms with van der Waals surface area (Å²) < 4.78 is 0. The lowest BCUT2D eigenvalue weighted by molar-refractivity contribution is -0.115. The number of nitrogens with one attached hydrogen (secondary N) is 1. The molecule has 0 unspecified atom stereocenters. The van der Waals surface area contributed by atoms with Gasteiger partial charge in [-0.05, 0) is 18.2 Å². The molecule has 0 aromatic heterocycles. The van der Waals surface area contributed by atoms with Gasteiger partial charge in [-0.2, -0.15) is 0 Å². The second-order valence-corrected chi connectivity index (χ2v) is 2.94. The third kappa shape index (κ3) is 2.70. The Balaban J connectivity index is 2.93. The van der Waals surface area contributed by atoms with Crippen LogP contribution in [0.2, 0.25) is 0 Å². The number of phenolic OH excluding ortho intramolecular Hbond substituents is 1. The van der Waals surface area contributed by atoms with Gasteiger partial charge in [0.1, 0.15) is 5.75 Å². The van der Waals surface area contributed by atoms with E-state index >= 15 is 0 Å². The van der Waals surface area contributed by atoms with Crippen LogP contribution in [0.5, 0.6) is 5.75 Å². The van der Waals surface area contributed by atoms with Gasteiger partial charge in [-0.3, -0.25) is 4.79 Å². The van der Waals surface area contributed by atoms with E-state index in [4.69, 9.17) is 5.11 Å². The zero-order chi connectivity index (χ0) is 11.4. The van der Waals surface area contributed by atoms with Crippen LogP contribution in [0.1, 0.15) is 23.7 Å². The fourth-order valence-electron chi connectivity index (χ4n) is 1.01. The lowest BCUT2D eigenvalue weighted by Gasteiger charge is -2.06. The topological polar surface area (TPSA) is 86.6 Å². The molecule has 0 aliphatic carbocycles. The van der Waals surface area contributed by atoms with E-state index in [9.17, 15) is 14.7 Å². The summed E-state index contributed by atoms with van der Waals surface area (Å²) in [5.41, 5.74) is 0.189. The quantitative estimate of drug-likeness (QED) is 0.657. The molecular weight excluding hydrogens is 198 g/mol. The fourth-order valence-corrected chi connectivity index (χ4v) is 1.01. The highest BCUT2D eigenvalue weighted by molar-refractivity contribution is 5.94. The Morgan fingerprint density at radius 1 is 1.40 bits per heavy atom. The van der Waals surface area contributed by atoms with Crippen molar-refractivity contribution in [1.82, 2.24) is 0 Å². The van der Waals surface area contributed by atoms with Gasteiger partial charge in [0.15, 0.2) is 0 Å². The van der Waals surface area contributed by atoms with Crippen molar-refractivity contribution in [1.29, 1.82) is 0 Å². The van der Waals surface area contributed by atoms with Crippen LogP contribution in [0.25, 0.3) is 0 Å². The van der Waals surface area contributed by atoms with Crippen molar-refractivity contribution in [2.75, 3.05) is 5.32 Å². The van der Waals surface area contributed by atoms with Crippen molar-refractivity contribution in [3.05, 3.63) is 23.8 Å². The van der Waals surface area contributed by atoms with Crippen LogP contribution in [-0.4, -0.2) is 22.1 Å². The van der Waals surface area contributed by atoms with E-state index in [1.807, 2.05) is 0 Å². The lowest BCUT2D eigenvalue weighted by Crippen LogP contribution is -2.09. The molecule has 80 valence electrons. The second-order valence-electron chi connectivity index (χ2n) is 2.94. The average Bonchev–Trinajstić information content (AvgIpc) is 2.20. The predicted molar refractivity (Wildman–Crippen MR) is 54.0 cm³/mol. The summed E-state index contributed by atoms with van der Waals surface area (Å²) in [6, 6.07) is 3.76. The Labute approximate surface area is 86.4 Å². The fraction of sp³-hybridized carbons (Fsp3) is 0.200. The first-order valence-corrected chi connectivity index (χ1v) is 4.40. The summed E-state index contributed by atoms with van der Waals surface area (Å²) in [6.07, 6.45) is 0.292. The minimum Gasteiger partial charge on any atom is -0.506 e.